The second-order valence-corrected chi connectivity index (χ2v) is 17.9. The van der Waals surface area contributed by atoms with Crippen molar-refractivity contribution in [3.05, 3.63) is 174 Å². The predicted octanol–water partition coefficient (Wildman–Crippen LogP) is 15.2. The Morgan fingerprint density at radius 3 is 1.79 bits per heavy atom. The van der Waals surface area contributed by atoms with Crippen molar-refractivity contribution in [2.45, 2.75) is 76.0 Å². The zero-order valence-electron chi connectivity index (χ0n) is 32.8. The number of fused-ring (bicyclic) bond motifs is 9. The van der Waals surface area contributed by atoms with E-state index in [1.165, 1.54) is 81.6 Å². The lowest BCUT2D eigenvalue weighted by Gasteiger charge is -2.33. The van der Waals surface area contributed by atoms with Crippen LogP contribution in [0.25, 0.3) is 55.3 Å². The lowest BCUT2D eigenvalue weighted by molar-refractivity contribution is 0.403. The molecule has 1 aromatic heterocycles. The first-order chi connectivity index (χ1) is 27.2. The van der Waals surface area contributed by atoms with E-state index in [9.17, 15) is 0 Å². The molecule has 3 aliphatic rings. The maximum atomic E-state index is 6.43. The fourth-order valence-corrected chi connectivity index (χ4v) is 11.4. The van der Waals surface area contributed by atoms with Gasteiger partial charge in [0.15, 0.2) is 0 Å². The summed E-state index contributed by atoms with van der Waals surface area (Å²) in [6, 6.07) is 56.5. The molecule has 0 N–H and O–H groups in total. The first kappa shape index (κ1) is 33.5. The Kier molecular flexibility index (Phi) is 7.21. The number of nitrogens with zero attached hydrogens (tertiary/aromatic N) is 1. The Bertz CT molecular complexity index is 2780. The molecular weight excluding hydrogens is 679 g/mol. The minimum absolute atomic E-state index is 0.0239. The monoisotopic (exact) mass is 725 g/mol. The molecule has 1 heterocycles. The third-order valence-corrected chi connectivity index (χ3v) is 13.6. The minimum Gasteiger partial charge on any atom is -0.456 e. The highest BCUT2D eigenvalue weighted by Crippen LogP contribution is 2.63. The molecule has 0 bridgehead atoms. The van der Waals surface area contributed by atoms with Crippen LogP contribution >= 0.6 is 0 Å². The molecule has 8 aromatic rings. The van der Waals surface area contributed by atoms with Gasteiger partial charge in [-0.15, -0.1) is 0 Å². The topological polar surface area (TPSA) is 16.4 Å². The summed E-state index contributed by atoms with van der Waals surface area (Å²) < 4.78 is 6.43. The van der Waals surface area contributed by atoms with E-state index in [2.05, 4.69) is 184 Å². The summed E-state index contributed by atoms with van der Waals surface area (Å²) in [6.45, 7) is 9.84. The van der Waals surface area contributed by atoms with Crippen molar-refractivity contribution in [3.8, 4) is 33.4 Å². The average molecular weight is 726 g/mol. The van der Waals surface area contributed by atoms with Gasteiger partial charge in [-0.1, -0.05) is 156 Å². The smallest absolute Gasteiger partial charge is 0.135 e. The Morgan fingerprint density at radius 2 is 1.09 bits per heavy atom. The third kappa shape index (κ3) is 4.81. The molecular formula is C54H47NO. The summed E-state index contributed by atoms with van der Waals surface area (Å²) in [5, 5.41) is 2.27. The lowest BCUT2D eigenvalue weighted by Crippen LogP contribution is -2.22. The van der Waals surface area contributed by atoms with E-state index in [-0.39, 0.29) is 16.2 Å². The maximum absolute atomic E-state index is 6.43. The normalized spacial score (nSPS) is 17.0. The Labute approximate surface area is 330 Å². The van der Waals surface area contributed by atoms with E-state index < -0.39 is 0 Å². The van der Waals surface area contributed by atoms with E-state index in [1.54, 1.807) is 11.1 Å². The fourth-order valence-electron chi connectivity index (χ4n) is 11.4. The second kappa shape index (κ2) is 12.1. The third-order valence-electron chi connectivity index (χ3n) is 13.6. The van der Waals surface area contributed by atoms with Gasteiger partial charge in [-0.05, 0) is 105 Å². The lowest BCUT2D eigenvalue weighted by atomic mass is 9.75. The molecule has 56 heavy (non-hydrogen) atoms. The molecule has 0 amide bonds. The molecule has 0 radical (unpaired) electrons. The van der Waals surface area contributed by atoms with Gasteiger partial charge in [0, 0.05) is 38.6 Å². The number of anilines is 3. The van der Waals surface area contributed by atoms with Gasteiger partial charge in [-0.25, -0.2) is 0 Å². The zero-order chi connectivity index (χ0) is 37.8. The number of hydrogen-bond acceptors (Lipinski definition) is 2. The fraction of sp³-hybridized carbons (Fsp3) is 0.222. The van der Waals surface area contributed by atoms with Crippen LogP contribution in [0.1, 0.15) is 82.1 Å². The highest BCUT2D eigenvalue weighted by molar-refractivity contribution is 6.08. The van der Waals surface area contributed by atoms with Crippen molar-refractivity contribution in [2.75, 3.05) is 4.90 Å². The number of hydrogen-bond donors (Lipinski definition) is 0. The minimum atomic E-state index is 0.0239. The van der Waals surface area contributed by atoms with Crippen molar-refractivity contribution < 1.29 is 4.42 Å². The average Bonchev–Trinajstić information content (AvgIpc) is 3.97. The van der Waals surface area contributed by atoms with Gasteiger partial charge in [0.25, 0.3) is 0 Å². The van der Waals surface area contributed by atoms with Gasteiger partial charge in [0.05, 0.1) is 11.4 Å². The van der Waals surface area contributed by atoms with Gasteiger partial charge in [-0.2, -0.15) is 0 Å². The second-order valence-electron chi connectivity index (χ2n) is 17.9. The first-order valence-electron chi connectivity index (χ1n) is 20.5. The number of para-hydroxylation sites is 2. The summed E-state index contributed by atoms with van der Waals surface area (Å²) in [4.78, 5) is 2.60. The van der Waals surface area contributed by atoms with Crippen LogP contribution in [0.3, 0.4) is 0 Å². The SMILES string of the molecule is CC1(C)CC(C)(C)c2cc3c(cc21)-c1c(N(c2ccc4oc5ccccc5c4c2)c2c(-c4ccccc4)cccc2-c2ccccc2)cccc1C31CCCC1. The van der Waals surface area contributed by atoms with Crippen molar-refractivity contribution in [2.24, 2.45) is 0 Å². The van der Waals surface area contributed by atoms with Crippen LogP contribution in [0.2, 0.25) is 0 Å². The summed E-state index contributed by atoms with van der Waals surface area (Å²) in [7, 11) is 0. The highest BCUT2D eigenvalue weighted by Gasteiger charge is 2.50. The molecule has 0 unspecified atom stereocenters. The largest absolute Gasteiger partial charge is 0.456 e. The first-order valence-corrected chi connectivity index (χ1v) is 20.5. The van der Waals surface area contributed by atoms with Crippen LogP contribution in [-0.2, 0) is 16.2 Å². The molecule has 1 saturated carbocycles. The van der Waals surface area contributed by atoms with Crippen LogP contribution in [-0.4, -0.2) is 0 Å². The molecule has 274 valence electrons. The number of furan rings is 1. The van der Waals surface area contributed by atoms with Crippen LogP contribution in [0, 0.1) is 0 Å². The summed E-state index contributed by atoms with van der Waals surface area (Å²) in [5.74, 6) is 0. The highest BCUT2D eigenvalue weighted by atomic mass is 16.3. The van der Waals surface area contributed by atoms with Gasteiger partial charge in [-0.3, -0.25) is 0 Å². The van der Waals surface area contributed by atoms with E-state index in [1.807, 2.05) is 0 Å². The van der Waals surface area contributed by atoms with Crippen LogP contribution in [0.5, 0.6) is 0 Å². The molecule has 2 nitrogen and oxygen atoms in total. The molecule has 0 aliphatic heterocycles. The molecule has 1 fully saturated rings. The number of benzene rings is 7. The van der Waals surface area contributed by atoms with E-state index in [4.69, 9.17) is 4.42 Å². The molecule has 3 aliphatic carbocycles. The Morgan fingerprint density at radius 1 is 0.482 bits per heavy atom. The van der Waals surface area contributed by atoms with Crippen molar-refractivity contribution in [3.63, 3.8) is 0 Å². The van der Waals surface area contributed by atoms with Gasteiger partial charge in [0.2, 0.25) is 0 Å². The Hall–Kier alpha value is -5.86. The van der Waals surface area contributed by atoms with Gasteiger partial charge < -0.3 is 9.32 Å². The predicted molar refractivity (Wildman–Crippen MR) is 235 cm³/mol. The van der Waals surface area contributed by atoms with Gasteiger partial charge in [0.1, 0.15) is 11.2 Å². The zero-order valence-corrected chi connectivity index (χ0v) is 32.8. The van der Waals surface area contributed by atoms with Crippen molar-refractivity contribution in [1.29, 1.82) is 0 Å². The van der Waals surface area contributed by atoms with Gasteiger partial charge >= 0.3 is 0 Å². The van der Waals surface area contributed by atoms with E-state index >= 15 is 0 Å². The van der Waals surface area contributed by atoms with Crippen molar-refractivity contribution in [1.82, 2.24) is 0 Å². The molecule has 0 atom stereocenters. The van der Waals surface area contributed by atoms with Crippen LogP contribution in [0.4, 0.5) is 17.1 Å². The number of rotatable bonds is 5. The standard InChI is InChI=1S/C54H47NO/c1-52(2)34-53(3,4)46-33-44-42(32-45(46)52)50-43(54(44)29-13-14-30-54)24-16-25-47(50)55(37-27-28-49-41(31-37)40-21-11-12-26-48(40)56-49)51-38(35-17-7-5-8-18-35)22-15-23-39(51)36-19-9-6-10-20-36/h5-12,15-28,31-33H,13-14,29-30,34H2,1-4H3. The van der Waals surface area contributed by atoms with Crippen LogP contribution < -0.4 is 4.90 Å². The van der Waals surface area contributed by atoms with E-state index in [0.717, 1.165) is 34.0 Å². The molecule has 2 heteroatoms. The van der Waals surface area contributed by atoms with E-state index in [0.29, 0.717) is 0 Å². The summed E-state index contributed by atoms with van der Waals surface area (Å²) in [6.07, 6.45) is 6.08. The Balaban J connectivity index is 1.27. The van der Waals surface area contributed by atoms with Crippen molar-refractivity contribution >= 4 is 39.0 Å². The van der Waals surface area contributed by atoms with Crippen LogP contribution in [0.15, 0.2) is 156 Å². The maximum Gasteiger partial charge on any atom is 0.135 e. The molecule has 7 aromatic carbocycles. The summed E-state index contributed by atoms with van der Waals surface area (Å²) in [5.41, 5.74) is 19.4. The summed E-state index contributed by atoms with van der Waals surface area (Å²) >= 11 is 0. The quantitative estimate of drug-likeness (QED) is 0.176. The molecule has 11 rings (SSSR count). The molecule has 0 saturated heterocycles. The molecule has 1 spiro atoms.